The highest BCUT2D eigenvalue weighted by atomic mass is 32.2. The maximum absolute atomic E-state index is 5.74. The minimum Gasteiger partial charge on any atom is -0.273 e. The molecule has 0 unspecified atom stereocenters. The van der Waals surface area contributed by atoms with E-state index in [9.17, 15) is 0 Å². The van der Waals surface area contributed by atoms with Gasteiger partial charge in [-0.25, -0.2) is 4.98 Å². The van der Waals surface area contributed by atoms with Crippen LogP contribution in [0.1, 0.15) is 37.0 Å². The molecule has 4 heteroatoms. The molecule has 18 heavy (non-hydrogen) atoms. The van der Waals surface area contributed by atoms with Gasteiger partial charge in [0.25, 0.3) is 0 Å². The van der Waals surface area contributed by atoms with Crippen molar-refractivity contribution in [2.45, 2.75) is 36.8 Å². The maximum atomic E-state index is 5.74. The van der Waals surface area contributed by atoms with E-state index in [-0.39, 0.29) is 5.41 Å². The normalized spacial score (nSPS) is 11.8. The topological polar surface area (TPSA) is 38.9 Å². The average molecular weight is 278 g/mol. The molecule has 0 aliphatic heterocycles. The highest BCUT2D eigenvalue weighted by molar-refractivity contribution is 7.99. The molecule has 2 rings (SSSR count). The Morgan fingerprint density at radius 1 is 1.22 bits per heavy atom. The Morgan fingerprint density at radius 2 is 1.89 bits per heavy atom. The van der Waals surface area contributed by atoms with Gasteiger partial charge in [-0.3, -0.25) is 5.14 Å². The van der Waals surface area contributed by atoms with Gasteiger partial charge in [-0.2, -0.15) is 0 Å². The van der Waals surface area contributed by atoms with Crippen LogP contribution < -0.4 is 5.14 Å². The Kier molecular flexibility index (Phi) is 4.10. The molecule has 0 radical (unpaired) electrons. The van der Waals surface area contributed by atoms with Crippen LogP contribution in [0.4, 0.5) is 0 Å². The molecule has 1 aromatic heterocycles. The Hall–Kier alpha value is -0.840. The number of nitrogens with zero attached hydrogens (tertiary/aromatic N) is 1. The second kappa shape index (κ2) is 5.43. The minimum absolute atomic E-state index is 0.0488. The number of hydrogen-bond donors (Lipinski definition) is 1. The zero-order valence-corrected chi connectivity index (χ0v) is 12.6. The number of aromatic nitrogens is 1. The van der Waals surface area contributed by atoms with Crippen molar-refractivity contribution in [1.82, 2.24) is 4.98 Å². The van der Waals surface area contributed by atoms with Gasteiger partial charge in [0.05, 0.1) is 14.9 Å². The number of rotatable bonds is 3. The summed E-state index contributed by atoms with van der Waals surface area (Å²) >= 11 is 3.02. The average Bonchev–Trinajstić information content (AvgIpc) is 2.73. The van der Waals surface area contributed by atoms with E-state index >= 15 is 0 Å². The molecular formula is C14H18N2S2. The molecule has 1 aromatic carbocycles. The summed E-state index contributed by atoms with van der Waals surface area (Å²) in [7, 11) is 0. The van der Waals surface area contributed by atoms with Crippen LogP contribution in [0, 0.1) is 0 Å². The molecule has 0 fully saturated rings. The molecule has 0 spiro atoms. The zero-order valence-electron chi connectivity index (χ0n) is 10.9. The first-order valence-electron chi connectivity index (χ1n) is 5.91. The summed E-state index contributed by atoms with van der Waals surface area (Å²) in [6, 6.07) is 10.4. The largest absolute Gasteiger partial charge is 0.273 e. The summed E-state index contributed by atoms with van der Waals surface area (Å²) in [6.07, 6.45) is 0.884. The van der Waals surface area contributed by atoms with E-state index in [1.165, 1.54) is 17.5 Å². The van der Waals surface area contributed by atoms with Crippen LogP contribution in [0.5, 0.6) is 0 Å². The van der Waals surface area contributed by atoms with Crippen LogP contribution in [0.3, 0.4) is 0 Å². The lowest BCUT2D eigenvalue weighted by atomic mass is 9.93. The molecule has 1 heterocycles. The molecular weight excluding hydrogens is 260 g/mol. The quantitative estimate of drug-likeness (QED) is 0.863. The summed E-state index contributed by atoms with van der Waals surface area (Å²) in [6.45, 7) is 6.52. The van der Waals surface area contributed by atoms with E-state index in [4.69, 9.17) is 10.1 Å². The second-order valence-corrected chi connectivity index (χ2v) is 7.26. The molecule has 0 aliphatic carbocycles. The number of benzene rings is 1. The van der Waals surface area contributed by atoms with E-state index in [1.807, 2.05) is 6.07 Å². The first-order chi connectivity index (χ1) is 8.50. The number of hydrogen-bond acceptors (Lipinski definition) is 4. The first-order valence-corrected chi connectivity index (χ1v) is 7.61. The summed E-state index contributed by atoms with van der Waals surface area (Å²) < 4.78 is 1.13. The lowest BCUT2D eigenvalue weighted by molar-refractivity contribution is 0.560. The molecule has 0 amide bonds. The van der Waals surface area contributed by atoms with Crippen molar-refractivity contribution in [3.63, 3.8) is 0 Å². The molecule has 2 nitrogen and oxygen atoms in total. The molecule has 0 aliphatic rings. The van der Waals surface area contributed by atoms with Gasteiger partial charge in [0.2, 0.25) is 0 Å². The van der Waals surface area contributed by atoms with E-state index in [0.717, 1.165) is 21.3 Å². The van der Waals surface area contributed by atoms with E-state index in [1.54, 1.807) is 11.3 Å². The van der Waals surface area contributed by atoms with Gasteiger partial charge in [0, 0.05) is 11.8 Å². The van der Waals surface area contributed by atoms with Crippen molar-refractivity contribution in [2.24, 2.45) is 5.14 Å². The molecule has 2 aromatic rings. The predicted octanol–water partition coefficient (Wildman–Crippen LogP) is 4.00. The van der Waals surface area contributed by atoms with Gasteiger partial charge in [0.1, 0.15) is 0 Å². The van der Waals surface area contributed by atoms with Crippen LogP contribution in [0.25, 0.3) is 0 Å². The second-order valence-electron chi connectivity index (χ2n) is 5.27. The molecule has 0 saturated heterocycles. The van der Waals surface area contributed by atoms with Gasteiger partial charge >= 0.3 is 0 Å². The number of nitrogens with two attached hydrogens (primary N) is 1. The van der Waals surface area contributed by atoms with E-state index in [2.05, 4.69) is 45.0 Å². The van der Waals surface area contributed by atoms with E-state index < -0.39 is 0 Å². The Balaban J connectivity index is 2.28. The summed E-state index contributed by atoms with van der Waals surface area (Å²) in [4.78, 5) is 4.77. The Labute approximate surface area is 117 Å². The van der Waals surface area contributed by atoms with E-state index in [0.29, 0.717) is 0 Å². The fourth-order valence-corrected chi connectivity index (χ4v) is 3.73. The van der Waals surface area contributed by atoms with Crippen LogP contribution in [-0.2, 0) is 11.8 Å². The summed E-state index contributed by atoms with van der Waals surface area (Å²) in [5, 5.41) is 6.88. The molecule has 96 valence electrons. The summed E-state index contributed by atoms with van der Waals surface area (Å²) in [5.74, 6) is 0. The first kappa shape index (κ1) is 13.6. The van der Waals surface area contributed by atoms with Crippen molar-refractivity contribution in [3.05, 3.63) is 46.6 Å². The van der Waals surface area contributed by atoms with Gasteiger partial charge < -0.3 is 0 Å². The van der Waals surface area contributed by atoms with Crippen LogP contribution >= 0.6 is 23.3 Å². The Bertz CT molecular complexity index is 512. The highest BCUT2D eigenvalue weighted by Crippen LogP contribution is 2.35. The van der Waals surface area contributed by atoms with Crippen LogP contribution in [0.15, 0.2) is 34.5 Å². The lowest BCUT2D eigenvalue weighted by Crippen LogP contribution is -2.13. The third-order valence-electron chi connectivity index (χ3n) is 2.66. The van der Waals surface area contributed by atoms with Gasteiger partial charge in [-0.1, -0.05) is 51.1 Å². The monoisotopic (exact) mass is 278 g/mol. The van der Waals surface area contributed by atoms with Crippen molar-refractivity contribution in [1.29, 1.82) is 0 Å². The molecule has 0 bridgehead atoms. The van der Waals surface area contributed by atoms with Crippen molar-refractivity contribution in [2.75, 3.05) is 0 Å². The van der Waals surface area contributed by atoms with Crippen LogP contribution in [-0.4, -0.2) is 4.98 Å². The highest BCUT2D eigenvalue weighted by Gasteiger charge is 2.23. The fourth-order valence-electron chi connectivity index (χ4n) is 1.75. The SMILES string of the molecule is CC(C)(C)c1nc(Cc2ccccc2)sc1SN. The smallest absolute Gasteiger partial charge is 0.0988 e. The van der Waals surface area contributed by atoms with Crippen molar-refractivity contribution >= 4 is 23.3 Å². The minimum atomic E-state index is 0.0488. The maximum Gasteiger partial charge on any atom is 0.0988 e. The molecule has 2 N–H and O–H groups in total. The number of thiazole rings is 1. The third-order valence-corrected chi connectivity index (χ3v) is 4.45. The molecule has 0 saturated carbocycles. The third kappa shape index (κ3) is 3.13. The fraction of sp³-hybridized carbons (Fsp3) is 0.357. The van der Waals surface area contributed by atoms with Gasteiger partial charge in [-0.05, 0) is 17.5 Å². The predicted molar refractivity (Wildman–Crippen MR) is 80.1 cm³/mol. The van der Waals surface area contributed by atoms with Gasteiger partial charge in [0.15, 0.2) is 0 Å². The zero-order chi connectivity index (χ0) is 13.2. The molecule has 0 atom stereocenters. The van der Waals surface area contributed by atoms with Crippen LogP contribution in [0.2, 0.25) is 0 Å². The summed E-state index contributed by atoms with van der Waals surface area (Å²) in [5.41, 5.74) is 2.46. The standard InChI is InChI=1S/C14H18N2S2/c1-14(2,3)12-13(18-15)17-11(16-12)9-10-7-5-4-6-8-10/h4-8H,9,15H2,1-3H3. The van der Waals surface area contributed by atoms with Crippen molar-refractivity contribution in [3.8, 4) is 0 Å². The van der Waals surface area contributed by atoms with Crippen molar-refractivity contribution < 1.29 is 0 Å². The van der Waals surface area contributed by atoms with Gasteiger partial charge in [-0.15, -0.1) is 11.3 Å². The lowest BCUT2D eigenvalue weighted by Gasteiger charge is -2.16. The Morgan fingerprint density at radius 3 is 2.39 bits per heavy atom.